The van der Waals surface area contributed by atoms with Gasteiger partial charge in [0.05, 0.1) is 10.5 Å². The van der Waals surface area contributed by atoms with Crippen molar-refractivity contribution in [3.05, 3.63) is 6.33 Å². The molecule has 2 heterocycles. The minimum atomic E-state index is -3.58. The summed E-state index contributed by atoms with van der Waals surface area (Å²) in [6.07, 6.45) is 6.43. The summed E-state index contributed by atoms with van der Waals surface area (Å²) in [6.45, 7) is 0.529. The molecule has 136 valence electrons. The molecule has 0 spiro atoms. The van der Waals surface area contributed by atoms with Crippen LogP contribution in [0.2, 0.25) is 0 Å². The number of piperidine rings is 1. The van der Waals surface area contributed by atoms with Crippen LogP contribution in [0.25, 0.3) is 0 Å². The third-order valence-electron chi connectivity index (χ3n) is 5.10. The summed E-state index contributed by atoms with van der Waals surface area (Å²) in [7, 11) is -5.29. The van der Waals surface area contributed by atoms with Gasteiger partial charge in [0, 0.05) is 20.1 Å². The van der Waals surface area contributed by atoms with Gasteiger partial charge in [-0.25, -0.2) is 21.1 Å². The number of aryl methyl sites for hydroxylation is 1. The Morgan fingerprint density at radius 1 is 0.958 bits per heavy atom. The van der Waals surface area contributed by atoms with Crippen LogP contribution in [-0.2, 0) is 26.9 Å². The van der Waals surface area contributed by atoms with Crippen molar-refractivity contribution in [3.8, 4) is 0 Å². The van der Waals surface area contributed by atoms with Crippen molar-refractivity contribution in [1.29, 1.82) is 0 Å². The Balaban J connectivity index is 1.68. The minimum absolute atomic E-state index is 0.0453. The molecule has 24 heavy (non-hydrogen) atoms. The Kier molecular flexibility index (Phi) is 4.99. The highest BCUT2D eigenvalue weighted by Crippen LogP contribution is 2.30. The molecule has 1 aliphatic carbocycles. The molecular weight excluding hydrogens is 352 g/mol. The minimum Gasteiger partial charge on any atom is -0.308 e. The highest BCUT2D eigenvalue weighted by Gasteiger charge is 2.39. The average molecular weight is 377 g/mol. The highest BCUT2D eigenvalue weighted by molar-refractivity contribution is 7.92. The van der Waals surface area contributed by atoms with Crippen molar-refractivity contribution in [1.82, 2.24) is 19.1 Å². The summed E-state index contributed by atoms with van der Waals surface area (Å²) in [5.74, 6) is 0. The molecule has 1 saturated heterocycles. The second-order valence-electron chi connectivity index (χ2n) is 6.67. The van der Waals surface area contributed by atoms with Gasteiger partial charge in [0.25, 0.3) is 0 Å². The van der Waals surface area contributed by atoms with Crippen molar-refractivity contribution >= 4 is 19.9 Å². The number of nitrogens with zero attached hydrogens (tertiary/aromatic N) is 4. The van der Waals surface area contributed by atoms with Gasteiger partial charge in [0.15, 0.2) is 0 Å². The highest BCUT2D eigenvalue weighted by atomic mass is 32.2. The van der Waals surface area contributed by atoms with Gasteiger partial charge >= 0.3 is 0 Å². The van der Waals surface area contributed by atoms with Crippen LogP contribution in [0.3, 0.4) is 0 Å². The van der Waals surface area contributed by atoms with Crippen LogP contribution in [0.15, 0.2) is 11.5 Å². The molecule has 1 aromatic heterocycles. The fourth-order valence-corrected chi connectivity index (χ4v) is 7.46. The molecular formula is C14H24N4O4S2. The Morgan fingerprint density at radius 3 is 2.12 bits per heavy atom. The predicted molar refractivity (Wildman–Crippen MR) is 88.6 cm³/mol. The summed E-state index contributed by atoms with van der Waals surface area (Å²) in [5.41, 5.74) is 0. The number of sulfone groups is 1. The van der Waals surface area contributed by atoms with E-state index in [1.807, 2.05) is 0 Å². The van der Waals surface area contributed by atoms with E-state index in [0.717, 1.165) is 32.1 Å². The SMILES string of the molecule is Cn1cnnc1S(=O)(=O)C1CCN(S(=O)(=O)C2CCCCC2)CC1. The number of rotatable bonds is 4. The second kappa shape index (κ2) is 6.72. The van der Waals surface area contributed by atoms with Crippen molar-refractivity contribution in [2.24, 2.45) is 7.05 Å². The summed E-state index contributed by atoms with van der Waals surface area (Å²) >= 11 is 0. The van der Waals surface area contributed by atoms with Gasteiger partial charge in [-0.15, -0.1) is 10.2 Å². The third kappa shape index (κ3) is 3.23. The lowest BCUT2D eigenvalue weighted by molar-refractivity contribution is 0.333. The van der Waals surface area contributed by atoms with E-state index in [4.69, 9.17) is 0 Å². The Bertz CT molecular complexity index is 773. The van der Waals surface area contributed by atoms with Gasteiger partial charge in [0.2, 0.25) is 25.0 Å². The first-order valence-electron chi connectivity index (χ1n) is 8.40. The van der Waals surface area contributed by atoms with Crippen LogP contribution in [0.1, 0.15) is 44.9 Å². The molecule has 0 bridgehead atoms. The molecule has 2 aliphatic rings. The molecule has 0 radical (unpaired) electrons. The zero-order chi connectivity index (χ0) is 17.4. The largest absolute Gasteiger partial charge is 0.308 e. The topological polar surface area (TPSA) is 102 Å². The van der Waals surface area contributed by atoms with Gasteiger partial charge in [-0.1, -0.05) is 19.3 Å². The summed E-state index contributed by atoms with van der Waals surface area (Å²) < 4.78 is 53.6. The second-order valence-corrected chi connectivity index (χ2v) is 11.0. The smallest absolute Gasteiger partial charge is 0.249 e. The summed E-state index contributed by atoms with van der Waals surface area (Å²) in [4.78, 5) is 0. The zero-order valence-corrected chi connectivity index (χ0v) is 15.5. The molecule has 1 saturated carbocycles. The standard InChI is InChI=1S/C14H24N4O4S2/c1-17-11-15-16-14(17)23(19,20)12-7-9-18(10-8-12)24(21,22)13-5-3-2-4-6-13/h11-13H,2-10H2,1H3. The summed E-state index contributed by atoms with van der Waals surface area (Å²) in [6, 6.07) is 0. The number of aromatic nitrogens is 3. The van der Waals surface area contributed by atoms with Crippen LogP contribution < -0.4 is 0 Å². The van der Waals surface area contributed by atoms with E-state index in [0.29, 0.717) is 12.8 Å². The lowest BCUT2D eigenvalue weighted by Crippen LogP contribution is -2.46. The average Bonchev–Trinajstić information content (AvgIpc) is 3.03. The van der Waals surface area contributed by atoms with Crippen LogP contribution in [0.5, 0.6) is 0 Å². The van der Waals surface area contributed by atoms with Crippen LogP contribution in [0, 0.1) is 0 Å². The Hall–Kier alpha value is -1.00. The molecule has 2 fully saturated rings. The molecule has 0 N–H and O–H groups in total. The molecule has 0 atom stereocenters. The van der Waals surface area contributed by atoms with E-state index in [2.05, 4.69) is 10.2 Å². The molecule has 0 unspecified atom stereocenters. The first-order valence-corrected chi connectivity index (χ1v) is 11.5. The van der Waals surface area contributed by atoms with Gasteiger partial charge in [0.1, 0.15) is 6.33 Å². The normalized spacial score (nSPS) is 22.7. The summed E-state index contributed by atoms with van der Waals surface area (Å²) in [5, 5.41) is 6.39. The maximum Gasteiger partial charge on any atom is 0.249 e. The van der Waals surface area contributed by atoms with E-state index in [1.165, 1.54) is 15.2 Å². The lowest BCUT2D eigenvalue weighted by Gasteiger charge is -2.34. The van der Waals surface area contributed by atoms with Crippen molar-refractivity contribution < 1.29 is 16.8 Å². The predicted octanol–water partition coefficient (Wildman–Crippen LogP) is 0.716. The fraction of sp³-hybridized carbons (Fsp3) is 0.857. The molecule has 10 heteroatoms. The number of hydrogen-bond donors (Lipinski definition) is 0. The molecule has 0 amide bonds. The fourth-order valence-electron chi connectivity index (χ4n) is 3.65. The van der Waals surface area contributed by atoms with E-state index < -0.39 is 25.1 Å². The van der Waals surface area contributed by atoms with Crippen molar-refractivity contribution in [3.63, 3.8) is 0 Å². The van der Waals surface area contributed by atoms with Crippen molar-refractivity contribution in [2.45, 2.75) is 60.6 Å². The monoisotopic (exact) mass is 376 g/mol. The van der Waals surface area contributed by atoms with Crippen molar-refractivity contribution in [2.75, 3.05) is 13.1 Å². The first-order chi connectivity index (χ1) is 11.3. The third-order valence-corrected chi connectivity index (χ3v) is 9.72. The van der Waals surface area contributed by atoms with Crippen LogP contribution in [0.4, 0.5) is 0 Å². The van der Waals surface area contributed by atoms with Gasteiger partial charge < -0.3 is 4.57 Å². The first kappa shape index (κ1) is 17.8. The van der Waals surface area contributed by atoms with Gasteiger partial charge in [-0.05, 0) is 25.7 Å². The lowest BCUT2D eigenvalue weighted by atomic mass is 10.0. The molecule has 3 rings (SSSR count). The van der Waals surface area contributed by atoms with E-state index in [1.54, 1.807) is 7.05 Å². The van der Waals surface area contributed by atoms with E-state index in [-0.39, 0.29) is 23.5 Å². The Labute approximate surface area is 143 Å². The molecule has 1 aliphatic heterocycles. The van der Waals surface area contributed by atoms with Crippen LogP contribution >= 0.6 is 0 Å². The maximum absolute atomic E-state index is 12.7. The van der Waals surface area contributed by atoms with E-state index >= 15 is 0 Å². The maximum atomic E-state index is 12.7. The molecule has 0 aromatic carbocycles. The molecule has 1 aromatic rings. The van der Waals surface area contributed by atoms with Gasteiger partial charge in [-0.2, -0.15) is 0 Å². The van der Waals surface area contributed by atoms with Crippen LogP contribution in [-0.4, -0.2) is 59.5 Å². The van der Waals surface area contributed by atoms with E-state index in [9.17, 15) is 16.8 Å². The van der Waals surface area contributed by atoms with Gasteiger partial charge in [-0.3, -0.25) is 0 Å². The quantitative estimate of drug-likeness (QED) is 0.767. The number of hydrogen-bond acceptors (Lipinski definition) is 6. The number of sulfonamides is 1. The zero-order valence-electron chi connectivity index (χ0n) is 13.8. The molecule has 8 nitrogen and oxygen atoms in total. The Morgan fingerprint density at radius 2 is 1.58 bits per heavy atom.